The van der Waals surface area contributed by atoms with Gasteiger partial charge >= 0.3 is 0 Å². The van der Waals surface area contributed by atoms with E-state index >= 15 is 0 Å². The number of aromatic nitrogens is 2. The minimum absolute atomic E-state index is 0.171. The van der Waals surface area contributed by atoms with Crippen LogP contribution < -0.4 is 5.32 Å². The van der Waals surface area contributed by atoms with Crippen LogP contribution in [0.25, 0.3) is 0 Å². The van der Waals surface area contributed by atoms with Crippen LogP contribution in [0.3, 0.4) is 0 Å². The minimum Gasteiger partial charge on any atom is -0.337 e. The van der Waals surface area contributed by atoms with E-state index in [-0.39, 0.29) is 5.82 Å². The summed E-state index contributed by atoms with van der Waals surface area (Å²) in [6.45, 7) is 1.15. The summed E-state index contributed by atoms with van der Waals surface area (Å²) in [5, 5.41) is 3.16. The van der Waals surface area contributed by atoms with Crippen molar-refractivity contribution in [1.29, 1.82) is 0 Å². The average molecular weight is 219 g/mol. The van der Waals surface area contributed by atoms with Crippen molar-refractivity contribution >= 4 is 0 Å². The van der Waals surface area contributed by atoms with E-state index in [0.717, 1.165) is 5.82 Å². The van der Waals surface area contributed by atoms with Gasteiger partial charge in [-0.1, -0.05) is 18.2 Å². The minimum atomic E-state index is -0.171. The molecule has 3 nitrogen and oxygen atoms in total. The number of nitrogens with one attached hydrogen (secondary N) is 1. The second kappa shape index (κ2) is 4.90. The van der Waals surface area contributed by atoms with Gasteiger partial charge in [0.2, 0.25) is 0 Å². The fourth-order valence-corrected chi connectivity index (χ4v) is 1.52. The lowest BCUT2D eigenvalue weighted by atomic mass is 10.2. The van der Waals surface area contributed by atoms with E-state index in [1.54, 1.807) is 18.3 Å². The van der Waals surface area contributed by atoms with Crippen molar-refractivity contribution in [3.8, 4) is 0 Å². The third kappa shape index (κ3) is 2.46. The molecule has 0 radical (unpaired) electrons. The summed E-state index contributed by atoms with van der Waals surface area (Å²) < 4.78 is 15.2. The Bertz CT molecular complexity index is 465. The monoisotopic (exact) mass is 219 g/mol. The highest BCUT2D eigenvalue weighted by molar-refractivity contribution is 5.16. The number of benzene rings is 1. The topological polar surface area (TPSA) is 29.9 Å². The molecule has 0 aliphatic carbocycles. The van der Waals surface area contributed by atoms with Gasteiger partial charge in [-0.05, 0) is 6.07 Å². The van der Waals surface area contributed by atoms with Crippen LogP contribution in [0.1, 0.15) is 11.4 Å². The van der Waals surface area contributed by atoms with Gasteiger partial charge in [-0.25, -0.2) is 9.37 Å². The lowest BCUT2D eigenvalue weighted by Gasteiger charge is -2.05. The first-order chi connectivity index (χ1) is 7.77. The maximum Gasteiger partial charge on any atom is 0.127 e. The van der Waals surface area contributed by atoms with E-state index in [9.17, 15) is 4.39 Å². The molecule has 0 saturated heterocycles. The Balaban J connectivity index is 1.89. The molecule has 0 fully saturated rings. The normalized spacial score (nSPS) is 10.6. The molecule has 4 heteroatoms. The highest BCUT2D eigenvalue weighted by Gasteiger charge is 2.01. The molecule has 0 bridgehead atoms. The Kier molecular flexibility index (Phi) is 3.31. The van der Waals surface area contributed by atoms with Gasteiger partial charge in [0, 0.05) is 31.5 Å². The smallest absolute Gasteiger partial charge is 0.127 e. The number of rotatable bonds is 4. The first-order valence-corrected chi connectivity index (χ1v) is 5.17. The Morgan fingerprint density at radius 2 is 2.12 bits per heavy atom. The first kappa shape index (κ1) is 10.8. The summed E-state index contributed by atoms with van der Waals surface area (Å²) >= 11 is 0. The van der Waals surface area contributed by atoms with E-state index in [1.165, 1.54) is 6.07 Å². The molecule has 0 saturated carbocycles. The molecule has 0 aliphatic rings. The van der Waals surface area contributed by atoms with Crippen molar-refractivity contribution in [3.63, 3.8) is 0 Å². The van der Waals surface area contributed by atoms with Crippen LogP contribution in [0.2, 0.25) is 0 Å². The molecule has 84 valence electrons. The van der Waals surface area contributed by atoms with Crippen LogP contribution in [-0.2, 0) is 20.1 Å². The highest BCUT2D eigenvalue weighted by Crippen LogP contribution is 2.05. The van der Waals surface area contributed by atoms with Crippen LogP contribution in [0.5, 0.6) is 0 Å². The zero-order valence-corrected chi connectivity index (χ0v) is 9.15. The van der Waals surface area contributed by atoms with Gasteiger partial charge in [-0.3, -0.25) is 0 Å². The van der Waals surface area contributed by atoms with Gasteiger partial charge in [-0.15, -0.1) is 0 Å². The van der Waals surface area contributed by atoms with E-state index in [0.29, 0.717) is 18.7 Å². The van der Waals surface area contributed by atoms with E-state index in [4.69, 9.17) is 0 Å². The Morgan fingerprint density at radius 1 is 1.31 bits per heavy atom. The van der Waals surface area contributed by atoms with Crippen molar-refractivity contribution in [3.05, 3.63) is 53.9 Å². The molecule has 16 heavy (non-hydrogen) atoms. The number of imidazole rings is 1. The maximum atomic E-state index is 13.3. The third-order valence-corrected chi connectivity index (χ3v) is 2.48. The predicted octanol–water partition coefficient (Wildman–Crippen LogP) is 1.85. The number of hydrogen-bond donors (Lipinski definition) is 1. The average Bonchev–Trinajstić information content (AvgIpc) is 2.67. The number of hydrogen-bond acceptors (Lipinski definition) is 2. The molecule has 0 spiro atoms. The SMILES string of the molecule is Cn1ccnc1CNCc1ccccc1F. The molecule has 0 aliphatic heterocycles. The number of nitrogens with zero attached hydrogens (tertiary/aromatic N) is 2. The second-order valence-electron chi connectivity index (χ2n) is 3.65. The van der Waals surface area contributed by atoms with Crippen molar-refractivity contribution < 1.29 is 4.39 Å². The van der Waals surface area contributed by atoms with Crippen LogP contribution in [0.4, 0.5) is 4.39 Å². The molecule has 0 atom stereocenters. The maximum absolute atomic E-state index is 13.3. The molecule has 0 amide bonds. The molecule has 1 heterocycles. The van der Waals surface area contributed by atoms with Gasteiger partial charge in [-0.2, -0.15) is 0 Å². The highest BCUT2D eigenvalue weighted by atomic mass is 19.1. The van der Waals surface area contributed by atoms with E-state index in [2.05, 4.69) is 10.3 Å². The van der Waals surface area contributed by atoms with Crippen LogP contribution in [0.15, 0.2) is 36.7 Å². The standard InChI is InChI=1S/C12H14FN3/c1-16-7-6-15-12(16)9-14-8-10-4-2-3-5-11(10)13/h2-7,14H,8-9H2,1H3. The van der Waals surface area contributed by atoms with E-state index in [1.807, 2.05) is 23.9 Å². The molecule has 1 N–H and O–H groups in total. The van der Waals surface area contributed by atoms with Gasteiger partial charge in [0.25, 0.3) is 0 Å². The number of aryl methyl sites for hydroxylation is 1. The largest absolute Gasteiger partial charge is 0.337 e. The lowest BCUT2D eigenvalue weighted by Crippen LogP contribution is -2.16. The first-order valence-electron chi connectivity index (χ1n) is 5.17. The van der Waals surface area contributed by atoms with Crippen molar-refractivity contribution in [2.45, 2.75) is 13.1 Å². The van der Waals surface area contributed by atoms with Crippen LogP contribution >= 0.6 is 0 Å². The summed E-state index contributed by atoms with van der Waals surface area (Å²) in [4.78, 5) is 4.18. The quantitative estimate of drug-likeness (QED) is 0.850. The van der Waals surface area contributed by atoms with Gasteiger partial charge in [0.1, 0.15) is 11.6 Å². The molecule has 2 aromatic rings. The molecule has 0 unspecified atom stereocenters. The van der Waals surface area contributed by atoms with Crippen molar-refractivity contribution in [2.75, 3.05) is 0 Å². The van der Waals surface area contributed by atoms with Crippen LogP contribution in [0, 0.1) is 5.82 Å². The number of halogens is 1. The summed E-state index contributed by atoms with van der Waals surface area (Å²) in [6.07, 6.45) is 3.64. The van der Waals surface area contributed by atoms with E-state index < -0.39 is 0 Å². The summed E-state index contributed by atoms with van der Waals surface area (Å²) in [5.41, 5.74) is 0.678. The lowest BCUT2D eigenvalue weighted by molar-refractivity contribution is 0.578. The van der Waals surface area contributed by atoms with Crippen molar-refractivity contribution in [2.24, 2.45) is 7.05 Å². The Hall–Kier alpha value is -1.68. The molecule has 1 aromatic heterocycles. The molecular formula is C12H14FN3. The molecule has 1 aromatic carbocycles. The Labute approximate surface area is 93.9 Å². The van der Waals surface area contributed by atoms with Crippen LogP contribution in [-0.4, -0.2) is 9.55 Å². The fraction of sp³-hybridized carbons (Fsp3) is 0.250. The summed E-state index contributed by atoms with van der Waals surface area (Å²) in [6, 6.07) is 6.77. The van der Waals surface area contributed by atoms with Gasteiger partial charge < -0.3 is 9.88 Å². The van der Waals surface area contributed by atoms with Crippen molar-refractivity contribution in [1.82, 2.24) is 14.9 Å². The zero-order chi connectivity index (χ0) is 11.4. The fourth-order valence-electron chi connectivity index (χ4n) is 1.52. The molecular weight excluding hydrogens is 205 g/mol. The molecule has 2 rings (SSSR count). The summed E-state index contributed by atoms with van der Waals surface area (Å²) in [5.74, 6) is 0.770. The Morgan fingerprint density at radius 3 is 2.81 bits per heavy atom. The summed E-state index contributed by atoms with van der Waals surface area (Å²) in [7, 11) is 1.94. The second-order valence-corrected chi connectivity index (χ2v) is 3.65. The van der Waals surface area contributed by atoms with Gasteiger partial charge in [0.05, 0.1) is 6.54 Å². The van der Waals surface area contributed by atoms with Gasteiger partial charge in [0.15, 0.2) is 0 Å². The third-order valence-electron chi connectivity index (χ3n) is 2.48. The zero-order valence-electron chi connectivity index (χ0n) is 9.15. The predicted molar refractivity (Wildman–Crippen MR) is 60.2 cm³/mol.